The maximum atomic E-state index is 15.2. The molecule has 2 amide bonds. The van der Waals surface area contributed by atoms with Gasteiger partial charge in [-0.2, -0.15) is 0 Å². The van der Waals surface area contributed by atoms with E-state index in [4.69, 9.17) is 18.9 Å². The summed E-state index contributed by atoms with van der Waals surface area (Å²) < 4.78 is 23.3. The van der Waals surface area contributed by atoms with Gasteiger partial charge in [0.1, 0.15) is 60.3 Å². The Hall–Kier alpha value is -7.58. The Bertz CT molecular complexity index is 2370. The molecule has 334 valence electrons. The molecular weight excluding hydrogens is 821 g/mol. The third-order valence-corrected chi connectivity index (χ3v) is 12.5. The van der Waals surface area contributed by atoms with Crippen LogP contribution in [0, 0.1) is 0 Å². The molecule has 8 heteroatoms. The molecule has 8 nitrogen and oxygen atoms in total. The quantitative estimate of drug-likeness (QED) is 0.0471. The first-order chi connectivity index (χ1) is 32.4. The number of unbranched alkanes of at least 4 members (excludes halogenated alkanes) is 3. The van der Waals surface area contributed by atoms with Crippen molar-refractivity contribution in [2.45, 2.75) is 36.5 Å². The average molecular weight is 877 g/mol. The molecule has 0 N–H and O–H groups in total. The molecule has 66 heavy (non-hydrogen) atoms. The summed E-state index contributed by atoms with van der Waals surface area (Å²) in [5, 5.41) is 0. The third-order valence-electron chi connectivity index (χ3n) is 12.5. The van der Waals surface area contributed by atoms with Gasteiger partial charge in [-0.15, -0.1) is 0 Å². The highest BCUT2D eigenvalue weighted by Gasteiger charge is 2.54. The summed E-state index contributed by atoms with van der Waals surface area (Å²) in [5.74, 6) is 2.81. The van der Waals surface area contributed by atoms with Gasteiger partial charge in [0.15, 0.2) is 0 Å². The van der Waals surface area contributed by atoms with Gasteiger partial charge < -0.3 is 28.7 Å². The highest BCUT2D eigenvalue weighted by Crippen LogP contribution is 2.52. The van der Waals surface area contributed by atoms with Crippen LogP contribution in [-0.2, 0) is 20.4 Å². The SMILES string of the molecule is C=CCOc1ccc(C2(c3ccc(OCC=C)cc3)C(=O)N(CCCCCCN3C(=O)C(c4ccc(OCC=C)cc4)(c4ccc(OCC=C)cc4)c4ccccc43)c3ccccc32)cc1. The second-order valence-corrected chi connectivity index (χ2v) is 16.4. The number of ether oxygens (including phenoxy) is 4. The van der Waals surface area contributed by atoms with Crippen molar-refractivity contribution in [2.75, 3.05) is 49.3 Å². The van der Waals surface area contributed by atoms with Crippen molar-refractivity contribution >= 4 is 23.2 Å². The van der Waals surface area contributed by atoms with Crippen LogP contribution in [-0.4, -0.2) is 51.3 Å². The zero-order chi connectivity index (χ0) is 45.9. The minimum absolute atomic E-state index is 0.000527. The molecule has 0 bridgehead atoms. The van der Waals surface area contributed by atoms with E-state index in [1.165, 1.54) is 0 Å². The monoisotopic (exact) mass is 876 g/mol. The second kappa shape index (κ2) is 20.5. The van der Waals surface area contributed by atoms with Crippen LogP contribution < -0.4 is 28.7 Å². The molecule has 0 saturated heterocycles. The molecule has 0 atom stereocenters. The molecule has 0 unspecified atom stereocenters. The number of fused-ring (bicyclic) bond motifs is 2. The van der Waals surface area contributed by atoms with E-state index < -0.39 is 10.8 Å². The molecule has 6 aromatic carbocycles. The van der Waals surface area contributed by atoms with Crippen LogP contribution in [0.25, 0.3) is 0 Å². The van der Waals surface area contributed by atoms with Gasteiger partial charge in [0.05, 0.1) is 0 Å². The standard InChI is InChI=1S/C58H56N2O6/c1-5-39-63-47-29-21-43(22-30-47)57(44-23-31-48(32-24-44)64-40-6-2)51-17-11-13-19-53(51)59(55(57)61)37-15-9-10-16-38-60-54-20-14-12-18-52(54)58(56(60)62,45-25-33-49(34-26-45)65-41-7-3)46-27-35-50(36-28-46)66-42-8-4/h5-8,11-14,17-36H,1-4,9-10,15-16,37-42H2. The Morgan fingerprint density at radius 3 is 0.924 bits per heavy atom. The molecule has 0 spiro atoms. The number of carbonyl (C=O) groups is 2. The van der Waals surface area contributed by atoms with Crippen molar-refractivity contribution in [3.05, 3.63) is 230 Å². The molecule has 0 aromatic heterocycles. The number of hydrogen-bond donors (Lipinski definition) is 0. The Labute approximate surface area is 388 Å². The van der Waals surface area contributed by atoms with Crippen LogP contribution in [0.15, 0.2) is 196 Å². The van der Waals surface area contributed by atoms with Crippen molar-refractivity contribution in [3.63, 3.8) is 0 Å². The predicted molar refractivity (Wildman–Crippen MR) is 264 cm³/mol. The molecule has 2 aliphatic rings. The number of amides is 2. The molecule has 0 aliphatic carbocycles. The minimum atomic E-state index is -1.08. The number of benzene rings is 6. The van der Waals surface area contributed by atoms with Gasteiger partial charge in [-0.05, 0) is 95.8 Å². The summed E-state index contributed by atoms with van der Waals surface area (Å²) in [6, 6.07) is 47.5. The molecule has 0 saturated carbocycles. The molecule has 2 aliphatic heterocycles. The molecule has 6 aromatic rings. The largest absolute Gasteiger partial charge is 0.490 e. The first-order valence-corrected chi connectivity index (χ1v) is 22.6. The third kappa shape index (κ3) is 8.42. The molecule has 0 fully saturated rings. The Kier molecular flexibility index (Phi) is 14.0. The normalized spacial score (nSPS) is 14.2. The summed E-state index contributed by atoms with van der Waals surface area (Å²) >= 11 is 0. The number of para-hydroxylation sites is 2. The highest BCUT2D eigenvalue weighted by molar-refractivity contribution is 6.14. The maximum absolute atomic E-state index is 15.2. The Morgan fingerprint density at radius 1 is 0.379 bits per heavy atom. The Morgan fingerprint density at radius 2 is 0.652 bits per heavy atom. The summed E-state index contributed by atoms with van der Waals surface area (Å²) in [6.45, 7) is 17.7. The number of carbonyl (C=O) groups excluding carboxylic acids is 2. The van der Waals surface area contributed by atoms with Crippen molar-refractivity contribution in [1.82, 2.24) is 0 Å². The van der Waals surface area contributed by atoms with E-state index in [1.54, 1.807) is 24.3 Å². The highest BCUT2D eigenvalue weighted by atomic mass is 16.5. The molecule has 2 heterocycles. The first-order valence-electron chi connectivity index (χ1n) is 22.6. The van der Waals surface area contributed by atoms with Gasteiger partial charge in [0.25, 0.3) is 0 Å². The van der Waals surface area contributed by atoms with Crippen molar-refractivity contribution in [3.8, 4) is 23.0 Å². The van der Waals surface area contributed by atoms with Crippen molar-refractivity contribution < 1.29 is 28.5 Å². The molecule has 0 radical (unpaired) electrons. The molecular formula is C58H56N2O6. The molecule has 8 rings (SSSR count). The van der Waals surface area contributed by atoms with Crippen LogP contribution in [0.5, 0.6) is 23.0 Å². The average Bonchev–Trinajstić information content (AvgIpc) is 3.77. The van der Waals surface area contributed by atoms with E-state index in [-0.39, 0.29) is 11.8 Å². The Balaban J connectivity index is 1.01. The number of rotatable bonds is 23. The fourth-order valence-corrected chi connectivity index (χ4v) is 9.52. The number of nitrogens with zero attached hydrogens (tertiary/aromatic N) is 2. The van der Waals surface area contributed by atoms with Crippen LogP contribution in [0.2, 0.25) is 0 Å². The van der Waals surface area contributed by atoms with Crippen molar-refractivity contribution in [2.24, 2.45) is 0 Å². The van der Waals surface area contributed by atoms with Crippen LogP contribution in [0.4, 0.5) is 11.4 Å². The minimum Gasteiger partial charge on any atom is -0.490 e. The topological polar surface area (TPSA) is 77.5 Å². The van der Waals surface area contributed by atoms with Gasteiger partial charge in [-0.1, -0.05) is 148 Å². The summed E-state index contributed by atoms with van der Waals surface area (Å²) in [7, 11) is 0. The van der Waals surface area contributed by atoms with Crippen molar-refractivity contribution in [1.29, 1.82) is 0 Å². The zero-order valence-corrected chi connectivity index (χ0v) is 37.4. The van der Waals surface area contributed by atoms with E-state index in [1.807, 2.05) is 143 Å². The lowest BCUT2D eigenvalue weighted by molar-refractivity contribution is -0.121. The maximum Gasteiger partial charge on any atom is 0.246 e. The van der Waals surface area contributed by atoms with Crippen LogP contribution >= 0.6 is 0 Å². The van der Waals surface area contributed by atoms with Gasteiger partial charge >= 0.3 is 0 Å². The predicted octanol–water partition coefficient (Wildman–Crippen LogP) is 11.6. The fourth-order valence-electron chi connectivity index (χ4n) is 9.52. The van der Waals surface area contributed by atoms with Gasteiger partial charge in [0.2, 0.25) is 11.8 Å². The number of anilines is 2. The summed E-state index contributed by atoms with van der Waals surface area (Å²) in [4.78, 5) is 34.4. The smallest absolute Gasteiger partial charge is 0.246 e. The lowest BCUT2D eigenvalue weighted by Gasteiger charge is -2.31. The van der Waals surface area contributed by atoms with E-state index in [0.717, 1.165) is 70.4 Å². The lowest BCUT2D eigenvalue weighted by Crippen LogP contribution is -2.42. The van der Waals surface area contributed by atoms with Crippen LogP contribution in [0.3, 0.4) is 0 Å². The van der Waals surface area contributed by atoms with Crippen LogP contribution in [0.1, 0.15) is 59.1 Å². The number of hydrogen-bond acceptors (Lipinski definition) is 6. The second-order valence-electron chi connectivity index (χ2n) is 16.4. The summed E-state index contributed by atoms with van der Waals surface area (Å²) in [5.41, 5.74) is 4.92. The lowest BCUT2D eigenvalue weighted by atomic mass is 9.70. The summed E-state index contributed by atoms with van der Waals surface area (Å²) in [6.07, 6.45) is 10.2. The zero-order valence-electron chi connectivity index (χ0n) is 37.4. The first kappa shape index (κ1) is 45.0. The van der Waals surface area contributed by atoms with Gasteiger partial charge in [0, 0.05) is 35.6 Å². The van der Waals surface area contributed by atoms with E-state index in [9.17, 15) is 0 Å². The fraction of sp³-hybridized carbons (Fsp3) is 0.207. The van der Waals surface area contributed by atoms with Gasteiger partial charge in [-0.3, -0.25) is 9.59 Å². The van der Waals surface area contributed by atoms with E-state index >= 15 is 9.59 Å². The van der Waals surface area contributed by atoms with E-state index in [0.29, 0.717) is 62.5 Å². The van der Waals surface area contributed by atoms with Gasteiger partial charge in [-0.25, -0.2) is 0 Å². The van der Waals surface area contributed by atoms with E-state index in [2.05, 4.69) is 38.4 Å².